The highest BCUT2D eigenvalue weighted by Crippen LogP contribution is 2.67. The Balaban J connectivity index is 1.87. The first-order valence-corrected chi connectivity index (χ1v) is 9.90. The molecule has 0 bridgehead atoms. The summed E-state index contributed by atoms with van der Waals surface area (Å²) in [5.41, 5.74) is 0.982. The minimum atomic E-state index is -0.324. The molecule has 2 fully saturated rings. The third-order valence-corrected chi connectivity index (χ3v) is 7.89. The molecule has 3 aliphatic rings. The predicted octanol–water partition coefficient (Wildman–Crippen LogP) is 5.18. The van der Waals surface area contributed by atoms with Gasteiger partial charge in [-0.05, 0) is 55.4 Å². The average Bonchev–Trinajstić information content (AvgIpc) is 2.53. The van der Waals surface area contributed by atoms with Crippen LogP contribution >= 0.6 is 0 Å². The summed E-state index contributed by atoms with van der Waals surface area (Å²) in [6, 6.07) is 3.16. The minimum Gasteiger partial charge on any atom is -0.504 e. The molecule has 1 unspecified atom stereocenters. The van der Waals surface area contributed by atoms with E-state index in [1.54, 1.807) is 13.2 Å². The summed E-state index contributed by atoms with van der Waals surface area (Å²) in [4.78, 5) is 0. The van der Waals surface area contributed by atoms with Gasteiger partial charge in [0.15, 0.2) is 11.5 Å². The van der Waals surface area contributed by atoms with Gasteiger partial charge in [-0.3, -0.25) is 0 Å². The number of phenols is 2. The summed E-state index contributed by atoms with van der Waals surface area (Å²) in [5, 5.41) is 20.0. The van der Waals surface area contributed by atoms with Crippen molar-refractivity contribution < 1.29 is 19.7 Å². The van der Waals surface area contributed by atoms with Crippen molar-refractivity contribution >= 4 is 0 Å². The molecule has 0 aromatic heterocycles. The van der Waals surface area contributed by atoms with Crippen LogP contribution in [0.5, 0.6) is 17.2 Å². The standard InChI is InChI=1S/C22H32O4/c1-20(2)8-6-9-21(3)17(20)7-10-22(4)19(21)18(25-5)13-11-14(23)15(24)12-16(13)26-22/h11-12,17-19,23-24H,6-10H2,1-5H3/t17?,18-,19-,21+,22+/m1/s1. The summed E-state index contributed by atoms with van der Waals surface area (Å²) >= 11 is 0. The Bertz CT molecular complexity index is 727. The Morgan fingerprint density at radius 3 is 2.42 bits per heavy atom. The van der Waals surface area contributed by atoms with Crippen molar-refractivity contribution in [3.8, 4) is 17.2 Å². The maximum Gasteiger partial charge on any atom is 0.161 e. The molecule has 4 nitrogen and oxygen atoms in total. The first-order valence-electron chi connectivity index (χ1n) is 9.90. The smallest absolute Gasteiger partial charge is 0.161 e. The molecule has 4 heteroatoms. The van der Waals surface area contributed by atoms with Crippen LogP contribution in [0, 0.1) is 22.7 Å². The predicted molar refractivity (Wildman–Crippen MR) is 101 cm³/mol. The van der Waals surface area contributed by atoms with Crippen molar-refractivity contribution in [3.05, 3.63) is 17.7 Å². The summed E-state index contributed by atoms with van der Waals surface area (Å²) < 4.78 is 12.6. The zero-order valence-corrected chi connectivity index (χ0v) is 16.6. The molecule has 144 valence electrons. The third-order valence-electron chi connectivity index (χ3n) is 7.89. The lowest BCUT2D eigenvalue weighted by Crippen LogP contribution is -2.62. The van der Waals surface area contributed by atoms with E-state index in [-0.39, 0.29) is 34.5 Å². The molecule has 1 heterocycles. The van der Waals surface area contributed by atoms with Crippen molar-refractivity contribution in [2.75, 3.05) is 7.11 Å². The van der Waals surface area contributed by atoms with Crippen LogP contribution in [0.2, 0.25) is 0 Å². The molecule has 0 spiro atoms. The van der Waals surface area contributed by atoms with Crippen LogP contribution in [0.1, 0.15) is 71.5 Å². The van der Waals surface area contributed by atoms with Crippen LogP contribution in [-0.2, 0) is 4.74 Å². The van der Waals surface area contributed by atoms with Crippen molar-refractivity contribution in [1.82, 2.24) is 0 Å². The number of rotatable bonds is 1. The van der Waals surface area contributed by atoms with Gasteiger partial charge in [-0.2, -0.15) is 0 Å². The number of hydrogen-bond donors (Lipinski definition) is 2. The van der Waals surface area contributed by atoms with Gasteiger partial charge in [0.1, 0.15) is 11.4 Å². The van der Waals surface area contributed by atoms with E-state index >= 15 is 0 Å². The Morgan fingerprint density at radius 2 is 1.73 bits per heavy atom. The van der Waals surface area contributed by atoms with Crippen molar-refractivity contribution in [1.29, 1.82) is 0 Å². The molecule has 0 saturated heterocycles. The van der Waals surface area contributed by atoms with Gasteiger partial charge in [0.2, 0.25) is 0 Å². The number of phenolic OH excluding ortho intramolecular Hbond substituents is 2. The fraction of sp³-hybridized carbons (Fsp3) is 0.727. The second-order valence-corrected chi connectivity index (χ2v) is 9.87. The fourth-order valence-corrected chi connectivity index (χ4v) is 6.90. The molecule has 26 heavy (non-hydrogen) atoms. The first kappa shape index (κ1) is 18.0. The molecule has 2 aliphatic carbocycles. The summed E-state index contributed by atoms with van der Waals surface area (Å²) in [6.07, 6.45) is 5.70. The lowest BCUT2D eigenvalue weighted by molar-refractivity contribution is -0.207. The molecule has 1 aromatic rings. The zero-order chi connectivity index (χ0) is 18.9. The van der Waals surface area contributed by atoms with Crippen molar-refractivity contribution in [3.63, 3.8) is 0 Å². The van der Waals surface area contributed by atoms with Gasteiger partial charge < -0.3 is 19.7 Å². The molecule has 2 N–H and O–H groups in total. The molecule has 5 atom stereocenters. The van der Waals surface area contributed by atoms with E-state index in [9.17, 15) is 10.2 Å². The highest BCUT2D eigenvalue weighted by Gasteiger charge is 2.63. The zero-order valence-electron chi connectivity index (χ0n) is 16.6. The monoisotopic (exact) mass is 360 g/mol. The van der Waals surface area contributed by atoms with Crippen LogP contribution in [0.15, 0.2) is 12.1 Å². The maximum atomic E-state index is 10.1. The minimum absolute atomic E-state index is 0.112. The molecule has 2 saturated carbocycles. The van der Waals surface area contributed by atoms with E-state index < -0.39 is 0 Å². The largest absolute Gasteiger partial charge is 0.504 e. The van der Waals surface area contributed by atoms with E-state index in [1.165, 1.54) is 25.3 Å². The summed E-state index contributed by atoms with van der Waals surface area (Å²) in [5.74, 6) is 1.24. The Labute approximate surface area is 156 Å². The van der Waals surface area contributed by atoms with Gasteiger partial charge in [-0.1, -0.05) is 27.2 Å². The molecule has 0 radical (unpaired) electrons. The van der Waals surface area contributed by atoms with Crippen LogP contribution in [0.3, 0.4) is 0 Å². The third kappa shape index (κ3) is 2.30. The number of methoxy groups -OCH3 is 1. The van der Waals surface area contributed by atoms with Crippen molar-refractivity contribution in [2.24, 2.45) is 22.7 Å². The van der Waals surface area contributed by atoms with E-state index in [1.807, 2.05) is 0 Å². The number of aromatic hydroxyl groups is 2. The SMILES string of the molecule is CO[C@@H]1c2cc(O)c(O)cc2O[C@@]2(C)CCC3C(C)(C)CCC[C@]3(C)[C@@H]12. The highest BCUT2D eigenvalue weighted by molar-refractivity contribution is 5.52. The molecule has 1 aromatic carbocycles. The second-order valence-electron chi connectivity index (χ2n) is 9.87. The Morgan fingerprint density at radius 1 is 1.04 bits per heavy atom. The van der Waals surface area contributed by atoms with Gasteiger partial charge in [-0.25, -0.2) is 0 Å². The Hall–Kier alpha value is -1.42. The normalized spacial score (nSPS) is 40.7. The van der Waals surface area contributed by atoms with Crippen LogP contribution < -0.4 is 4.74 Å². The van der Waals surface area contributed by atoms with E-state index in [2.05, 4.69) is 27.7 Å². The summed E-state index contributed by atoms with van der Waals surface area (Å²) in [7, 11) is 1.75. The van der Waals surface area contributed by atoms with Gasteiger partial charge in [0, 0.05) is 24.7 Å². The number of hydrogen-bond acceptors (Lipinski definition) is 4. The molecule has 0 amide bonds. The highest BCUT2D eigenvalue weighted by atomic mass is 16.5. The van der Waals surface area contributed by atoms with Crippen LogP contribution in [0.25, 0.3) is 0 Å². The molecule has 4 rings (SSSR count). The quantitative estimate of drug-likeness (QED) is 0.678. The lowest BCUT2D eigenvalue weighted by atomic mass is 9.44. The number of ether oxygens (including phenoxy) is 2. The van der Waals surface area contributed by atoms with Gasteiger partial charge >= 0.3 is 0 Å². The van der Waals surface area contributed by atoms with E-state index in [0.717, 1.165) is 18.4 Å². The van der Waals surface area contributed by atoms with E-state index in [4.69, 9.17) is 9.47 Å². The van der Waals surface area contributed by atoms with Crippen LogP contribution in [0.4, 0.5) is 0 Å². The molecular weight excluding hydrogens is 328 g/mol. The lowest BCUT2D eigenvalue weighted by Gasteiger charge is -2.64. The molecular formula is C22H32O4. The van der Waals surface area contributed by atoms with Crippen LogP contribution in [-0.4, -0.2) is 22.9 Å². The van der Waals surface area contributed by atoms with Gasteiger partial charge in [0.25, 0.3) is 0 Å². The first-order chi connectivity index (χ1) is 12.1. The van der Waals surface area contributed by atoms with Crippen molar-refractivity contribution in [2.45, 2.75) is 71.5 Å². The molecule has 1 aliphatic heterocycles. The summed E-state index contributed by atoms with van der Waals surface area (Å²) in [6.45, 7) is 9.48. The topological polar surface area (TPSA) is 58.9 Å². The average molecular weight is 360 g/mol. The van der Waals surface area contributed by atoms with E-state index in [0.29, 0.717) is 17.1 Å². The van der Waals surface area contributed by atoms with Gasteiger partial charge in [0.05, 0.1) is 6.10 Å². The maximum absolute atomic E-state index is 10.1. The second kappa shape index (κ2) is 5.54. The fourth-order valence-electron chi connectivity index (χ4n) is 6.90. The number of fused-ring (bicyclic) bond motifs is 4. The van der Waals surface area contributed by atoms with Gasteiger partial charge in [-0.15, -0.1) is 0 Å². The number of benzene rings is 1. The Kier molecular flexibility index (Phi) is 3.83.